The first-order valence-corrected chi connectivity index (χ1v) is 8.92. The molecular formula is C17H18N6O2S. The average molecular weight is 370 g/mol. The van der Waals surface area contributed by atoms with Gasteiger partial charge in [0.2, 0.25) is 5.91 Å². The molecule has 3 rings (SSSR count). The van der Waals surface area contributed by atoms with Crippen LogP contribution in [0.15, 0.2) is 40.0 Å². The molecular weight excluding hydrogens is 352 g/mol. The van der Waals surface area contributed by atoms with Gasteiger partial charge in [-0.15, -0.1) is 22.0 Å². The van der Waals surface area contributed by atoms with Crippen LogP contribution in [0.4, 0.5) is 5.69 Å². The molecule has 26 heavy (non-hydrogen) atoms. The molecule has 1 aromatic carbocycles. The van der Waals surface area contributed by atoms with Gasteiger partial charge in [0.25, 0.3) is 11.5 Å². The fourth-order valence-electron chi connectivity index (χ4n) is 2.38. The van der Waals surface area contributed by atoms with Crippen molar-refractivity contribution in [2.75, 3.05) is 11.1 Å². The van der Waals surface area contributed by atoms with E-state index in [1.54, 1.807) is 6.92 Å². The van der Waals surface area contributed by atoms with Gasteiger partial charge in [0.15, 0.2) is 0 Å². The second-order valence-corrected chi connectivity index (χ2v) is 6.66. The number of amides is 1. The standard InChI is InChI=1S/C17H18N6O2S/c1-10-15(26-9-14(24)18-13-7-5-4-6-8-13)12(3)23(22-10)17-19-16(25)11(2)20-21-17/h4-8H,9H2,1-3H3,(H,18,24)(H,19,21,25). The summed E-state index contributed by atoms with van der Waals surface area (Å²) in [6, 6.07) is 9.30. The van der Waals surface area contributed by atoms with E-state index in [2.05, 4.69) is 25.6 Å². The molecule has 2 heterocycles. The third kappa shape index (κ3) is 3.83. The van der Waals surface area contributed by atoms with Gasteiger partial charge < -0.3 is 5.32 Å². The Balaban J connectivity index is 1.75. The zero-order valence-electron chi connectivity index (χ0n) is 14.6. The Morgan fingerprint density at radius 3 is 2.58 bits per heavy atom. The zero-order chi connectivity index (χ0) is 18.7. The summed E-state index contributed by atoms with van der Waals surface area (Å²) < 4.78 is 1.53. The highest BCUT2D eigenvalue weighted by Gasteiger charge is 2.16. The molecule has 0 atom stereocenters. The summed E-state index contributed by atoms with van der Waals surface area (Å²) in [5.41, 5.74) is 2.29. The number of hydrogen-bond donors (Lipinski definition) is 2. The number of nitrogens with zero attached hydrogens (tertiary/aromatic N) is 4. The molecule has 134 valence electrons. The molecule has 0 aliphatic carbocycles. The summed E-state index contributed by atoms with van der Waals surface area (Å²) in [4.78, 5) is 27.4. The first kappa shape index (κ1) is 17.9. The largest absolute Gasteiger partial charge is 0.325 e. The normalized spacial score (nSPS) is 10.7. The molecule has 0 aliphatic rings. The van der Waals surface area contributed by atoms with Crippen LogP contribution in [-0.2, 0) is 4.79 Å². The fraction of sp³-hybridized carbons (Fsp3) is 0.235. The van der Waals surface area contributed by atoms with Crippen LogP contribution in [-0.4, -0.2) is 36.6 Å². The van der Waals surface area contributed by atoms with Gasteiger partial charge in [0.05, 0.1) is 22.0 Å². The Hall–Kier alpha value is -2.94. The van der Waals surface area contributed by atoms with E-state index >= 15 is 0 Å². The number of benzene rings is 1. The number of rotatable bonds is 5. The minimum atomic E-state index is -0.306. The highest BCUT2D eigenvalue weighted by Crippen LogP contribution is 2.27. The minimum Gasteiger partial charge on any atom is -0.325 e. The Bertz CT molecular complexity index is 996. The molecule has 0 bridgehead atoms. The van der Waals surface area contributed by atoms with Crippen molar-refractivity contribution < 1.29 is 4.79 Å². The highest BCUT2D eigenvalue weighted by atomic mass is 32.2. The van der Waals surface area contributed by atoms with Crippen LogP contribution in [0.25, 0.3) is 5.95 Å². The zero-order valence-corrected chi connectivity index (χ0v) is 15.4. The van der Waals surface area contributed by atoms with Crippen molar-refractivity contribution in [3.05, 3.63) is 57.8 Å². The molecule has 0 spiro atoms. The number of aromatic amines is 1. The monoisotopic (exact) mass is 370 g/mol. The van der Waals surface area contributed by atoms with Crippen LogP contribution in [0.5, 0.6) is 0 Å². The van der Waals surface area contributed by atoms with E-state index in [1.165, 1.54) is 16.4 Å². The molecule has 0 unspecified atom stereocenters. The summed E-state index contributed by atoms with van der Waals surface area (Å²) in [7, 11) is 0. The summed E-state index contributed by atoms with van der Waals surface area (Å²) >= 11 is 1.39. The summed E-state index contributed by atoms with van der Waals surface area (Å²) in [6.45, 7) is 5.29. The molecule has 0 saturated carbocycles. The lowest BCUT2D eigenvalue weighted by Gasteiger charge is -2.06. The number of aromatic nitrogens is 5. The van der Waals surface area contributed by atoms with Crippen molar-refractivity contribution in [2.24, 2.45) is 0 Å². The molecule has 9 heteroatoms. The van der Waals surface area contributed by atoms with Crippen LogP contribution < -0.4 is 10.9 Å². The average Bonchev–Trinajstić information content (AvgIpc) is 2.90. The molecule has 8 nitrogen and oxygen atoms in total. The van der Waals surface area contributed by atoms with Crippen molar-refractivity contribution in [3.8, 4) is 5.95 Å². The van der Waals surface area contributed by atoms with Crippen LogP contribution in [0.3, 0.4) is 0 Å². The van der Waals surface area contributed by atoms with E-state index in [4.69, 9.17) is 0 Å². The Morgan fingerprint density at radius 1 is 1.15 bits per heavy atom. The van der Waals surface area contributed by atoms with Crippen LogP contribution in [0.1, 0.15) is 17.1 Å². The van der Waals surface area contributed by atoms with Gasteiger partial charge in [0, 0.05) is 5.69 Å². The molecule has 1 amide bonds. The maximum Gasteiger partial charge on any atom is 0.274 e. The molecule has 0 fully saturated rings. The van der Waals surface area contributed by atoms with Gasteiger partial charge in [0.1, 0.15) is 5.69 Å². The number of aryl methyl sites for hydroxylation is 2. The Kier molecular flexibility index (Phi) is 5.17. The smallest absolute Gasteiger partial charge is 0.274 e. The highest BCUT2D eigenvalue weighted by molar-refractivity contribution is 8.00. The van der Waals surface area contributed by atoms with Gasteiger partial charge in [-0.05, 0) is 32.9 Å². The van der Waals surface area contributed by atoms with Crippen molar-refractivity contribution in [2.45, 2.75) is 25.7 Å². The van der Waals surface area contributed by atoms with Gasteiger partial charge in [-0.3, -0.25) is 14.6 Å². The van der Waals surface area contributed by atoms with Gasteiger partial charge in [-0.25, -0.2) is 4.68 Å². The van der Waals surface area contributed by atoms with Crippen molar-refractivity contribution in [1.82, 2.24) is 25.0 Å². The molecule has 0 aliphatic heterocycles. The fourth-order valence-corrected chi connectivity index (χ4v) is 3.27. The summed E-state index contributed by atoms with van der Waals surface area (Å²) in [5.74, 6) is 0.399. The third-order valence-corrected chi connectivity index (χ3v) is 4.97. The van der Waals surface area contributed by atoms with Crippen LogP contribution >= 0.6 is 11.8 Å². The first-order valence-electron chi connectivity index (χ1n) is 7.93. The number of para-hydroxylation sites is 1. The molecule has 2 N–H and O–H groups in total. The van der Waals surface area contributed by atoms with Crippen molar-refractivity contribution in [1.29, 1.82) is 0 Å². The maximum absolute atomic E-state index is 12.1. The minimum absolute atomic E-state index is 0.101. The topological polar surface area (TPSA) is 106 Å². The van der Waals surface area contributed by atoms with E-state index in [-0.39, 0.29) is 23.2 Å². The molecule has 0 radical (unpaired) electrons. The van der Waals surface area contributed by atoms with E-state index in [0.717, 1.165) is 22.0 Å². The first-order chi connectivity index (χ1) is 12.5. The summed E-state index contributed by atoms with van der Waals surface area (Å²) in [6.07, 6.45) is 0. The Morgan fingerprint density at radius 2 is 1.88 bits per heavy atom. The third-order valence-electron chi connectivity index (χ3n) is 3.68. The lowest BCUT2D eigenvalue weighted by Crippen LogP contribution is -2.18. The predicted molar refractivity (Wildman–Crippen MR) is 99.8 cm³/mol. The second-order valence-electron chi connectivity index (χ2n) is 5.68. The van der Waals surface area contributed by atoms with E-state index < -0.39 is 0 Å². The molecule has 0 saturated heterocycles. The quantitative estimate of drug-likeness (QED) is 0.666. The number of carbonyl (C=O) groups is 1. The lowest BCUT2D eigenvalue weighted by atomic mass is 10.3. The second kappa shape index (κ2) is 7.52. The summed E-state index contributed by atoms with van der Waals surface area (Å²) in [5, 5.41) is 15.1. The number of anilines is 1. The van der Waals surface area contributed by atoms with E-state index in [0.29, 0.717) is 5.69 Å². The molecule has 2 aromatic heterocycles. The maximum atomic E-state index is 12.1. The van der Waals surface area contributed by atoms with E-state index in [9.17, 15) is 9.59 Å². The lowest BCUT2D eigenvalue weighted by molar-refractivity contribution is -0.113. The molecule has 3 aromatic rings. The van der Waals surface area contributed by atoms with Crippen molar-refractivity contribution in [3.63, 3.8) is 0 Å². The van der Waals surface area contributed by atoms with Crippen LogP contribution in [0.2, 0.25) is 0 Å². The van der Waals surface area contributed by atoms with E-state index in [1.807, 2.05) is 44.2 Å². The van der Waals surface area contributed by atoms with Crippen LogP contribution in [0, 0.1) is 20.8 Å². The van der Waals surface area contributed by atoms with Gasteiger partial charge >= 0.3 is 0 Å². The Labute approximate surface area is 154 Å². The number of hydrogen-bond acceptors (Lipinski definition) is 6. The number of carbonyl (C=O) groups excluding carboxylic acids is 1. The van der Waals surface area contributed by atoms with Crippen molar-refractivity contribution >= 4 is 23.4 Å². The predicted octanol–water partition coefficient (Wildman–Crippen LogP) is 2.01. The van der Waals surface area contributed by atoms with Gasteiger partial charge in [-0.1, -0.05) is 18.2 Å². The van der Waals surface area contributed by atoms with Gasteiger partial charge in [-0.2, -0.15) is 5.10 Å². The number of nitrogens with one attached hydrogen (secondary N) is 2. The SMILES string of the molecule is Cc1nn(-c2nnc(C)c(=O)[nH]2)c(C)c1SCC(=O)Nc1ccccc1. The number of H-pyrrole nitrogens is 1. The number of thioether (sulfide) groups is 1.